The smallest absolute Gasteiger partial charge is 0.0634 e. The molecule has 0 spiro atoms. The zero-order chi connectivity index (χ0) is 78.3. The lowest BCUT2D eigenvalue weighted by Gasteiger charge is -2.26. The van der Waals surface area contributed by atoms with E-state index < -0.39 is 0 Å². The molecule has 2 aliphatic rings. The van der Waals surface area contributed by atoms with Crippen molar-refractivity contribution in [2.45, 2.75) is 31.6 Å². The van der Waals surface area contributed by atoms with Crippen molar-refractivity contribution in [3.05, 3.63) is 411 Å². The Kier molecular flexibility index (Phi) is 15.1. The minimum absolute atomic E-state index is 0.0770. The Labute approximate surface area is 697 Å². The van der Waals surface area contributed by atoms with Crippen LogP contribution < -0.4 is 0 Å². The second kappa shape index (κ2) is 26.5. The lowest BCUT2D eigenvalue weighted by atomic mass is 9.78. The molecular weight excluding hydrogens is 1500 g/mol. The fourth-order valence-corrected chi connectivity index (χ4v) is 24.0. The van der Waals surface area contributed by atoms with Crippen LogP contribution in [-0.4, -0.2) is 22.8 Å². The number of rotatable bonds is 6. The molecule has 0 fully saturated rings. The first-order valence-electron chi connectivity index (χ1n) is 41.1. The van der Waals surface area contributed by atoms with Crippen molar-refractivity contribution in [2.24, 2.45) is 0 Å². The van der Waals surface area contributed by atoms with Gasteiger partial charge >= 0.3 is 0 Å². The van der Waals surface area contributed by atoms with Crippen LogP contribution in [0.15, 0.2) is 394 Å². The zero-order valence-corrected chi connectivity index (χ0v) is 67.6. The van der Waals surface area contributed by atoms with Gasteiger partial charge in [-0.2, -0.15) is 0 Å². The third-order valence-electron chi connectivity index (χ3n) is 25.8. The van der Waals surface area contributed by atoms with Crippen molar-refractivity contribution >= 4 is 209 Å². The van der Waals surface area contributed by atoms with Gasteiger partial charge in [-0.1, -0.05) is 269 Å². The molecule has 0 aliphatic heterocycles. The molecule has 0 saturated carbocycles. The number of hydrogen-bond acceptors (Lipinski definition) is 3. The molecule has 8 heterocycles. The molecule has 0 saturated heterocycles. The summed E-state index contributed by atoms with van der Waals surface area (Å²) < 4.78 is 20.2. The fourth-order valence-electron chi connectivity index (χ4n) is 20.5. The average molecular weight is 1570 g/mol. The highest BCUT2D eigenvalue weighted by molar-refractivity contribution is 7.27. The van der Waals surface area contributed by atoms with Gasteiger partial charge in [-0.15, -0.1) is 34.0 Å². The summed E-state index contributed by atoms with van der Waals surface area (Å²) in [7, 11) is 0. The number of thiophene rings is 3. The molecule has 0 N–H and O–H groups in total. The molecule has 8 heteroatoms. The number of para-hydroxylation sites is 7. The Hall–Kier alpha value is -14.1. The number of aromatic nitrogens is 5. The van der Waals surface area contributed by atoms with Crippen molar-refractivity contribution in [3.8, 4) is 28.4 Å². The Morgan fingerprint density at radius 2 is 0.681 bits per heavy atom. The third-order valence-corrected chi connectivity index (χ3v) is 29.3. The number of benzene rings is 17. The van der Waals surface area contributed by atoms with E-state index in [2.05, 4.69) is 425 Å². The minimum Gasteiger partial charge on any atom is -0.309 e. The molecule has 5 nitrogen and oxygen atoms in total. The van der Waals surface area contributed by atoms with E-state index in [0.717, 1.165) is 12.1 Å². The van der Waals surface area contributed by atoms with Gasteiger partial charge < -0.3 is 22.8 Å². The predicted octanol–water partition coefficient (Wildman–Crippen LogP) is 31.4. The number of allylic oxidation sites excluding steroid dienone is 4. The normalized spacial score (nSPS) is 14.0. The zero-order valence-electron chi connectivity index (χ0n) is 65.2. The van der Waals surface area contributed by atoms with Crippen LogP contribution in [0.3, 0.4) is 0 Å². The highest BCUT2D eigenvalue weighted by Gasteiger charge is 2.38. The Balaban J connectivity index is 0.0000000992. The molecule has 27 rings (SSSR count). The molecule has 25 aromatic rings. The van der Waals surface area contributed by atoms with E-state index in [1.807, 2.05) is 34.0 Å². The molecule has 1 unspecified atom stereocenters. The molecule has 8 aromatic heterocycles. The van der Waals surface area contributed by atoms with Gasteiger partial charge in [0.1, 0.15) is 0 Å². The molecule has 2 aliphatic carbocycles. The summed E-state index contributed by atoms with van der Waals surface area (Å²) in [4.78, 5) is 0. The van der Waals surface area contributed by atoms with Crippen LogP contribution in [0, 0.1) is 0 Å². The largest absolute Gasteiger partial charge is 0.309 e. The van der Waals surface area contributed by atoms with Crippen LogP contribution in [0.2, 0.25) is 0 Å². The van der Waals surface area contributed by atoms with Gasteiger partial charge in [-0.25, -0.2) is 0 Å². The molecule has 0 amide bonds. The predicted molar refractivity (Wildman–Crippen MR) is 513 cm³/mol. The summed E-state index contributed by atoms with van der Waals surface area (Å²) in [6.07, 6.45) is 5.89. The lowest BCUT2D eigenvalue weighted by Crippen LogP contribution is -2.17. The van der Waals surface area contributed by atoms with Crippen molar-refractivity contribution < 1.29 is 0 Å². The van der Waals surface area contributed by atoms with Crippen LogP contribution in [-0.2, 0) is 5.41 Å². The standard InChI is InChI=1S/C39H29NS.2C36H22N2S/c1-39(2)33-12-6-3-9-27(33)30-21-25(17-20-34(30)39)24-15-18-26(19-16-24)40-35-13-7-4-10-28(35)31-22-32-29-11-5-8-14-37(29)41-38(32)23-36(31)40;1-5-16-30-25(12-1)26-13-2-6-17-31(26)37(30)23-10-9-11-24(22-23)38-32-18-7-3-15-29(32)35-33(38)21-20-28-27-14-4-8-19-34(27)39-36(28)35;1-5-16-30-25(12-1)26-13-2-6-17-31(26)37(30)23-10-9-11-24(22-23)38-32-18-7-3-14-27(32)28-20-21-34-35(36(28)38)29-15-4-8-19-33(29)39-34/h3-20,22-23,25H,21H2,1-2H3;2*1-22H. The first kappa shape index (κ1) is 68.1. The van der Waals surface area contributed by atoms with Gasteiger partial charge in [0.2, 0.25) is 0 Å². The summed E-state index contributed by atoms with van der Waals surface area (Å²) in [5, 5.41) is 21.0. The van der Waals surface area contributed by atoms with Gasteiger partial charge in [-0.3, -0.25) is 0 Å². The van der Waals surface area contributed by atoms with E-state index in [1.165, 1.54) is 220 Å². The number of nitrogens with zero attached hydrogens (tertiary/aromatic N) is 5. The lowest BCUT2D eigenvalue weighted by molar-refractivity contribution is 0.649. The van der Waals surface area contributed by atoms with E-state index in [-0.39, 0.29) is 5.41 Å². The van der Waals surface area contributed by atoms with E-state index >= 15 is 0 Å². The maximum atomic E-state index is 2.48. The Bertz CT molecular complexity index is 8540. The molecule has 1 atom stereocenters. The fraction of sp³-hybridized carbons (Fsp3) is 0.0450. The summed E-state index contributed by atoms with van der Waals surface area (Å²) in [5.74, 6) is 0.390. The summed E-state index contributed by atoms with van der Waals surface area (Å²) in [5.41, 5.74) is 25.7. The maximum Gasteiger partial charge on any atom is 0.0634 e. The Morgan fingerprint density at radius 3 is 1.26 bits per heavy atom. The molecule has 17 aromatic carbocycles. The van der Waals surface area contributed by atoms with Crippen molar-refractivity contribution in [1.82, 2.24) is 22.8 Å². The van der Waals surface area contributed by atoms with Crippen LogP contribution in [0.1, 0.15) is 42.9 Å². The molecule has 560 valence electrons. The Morgan fingerprint density at radius 1 is 0.261 bits per heavy atom. The molecular formula is C111H73N5S3. The second-order valence-corrected chi connectivity index (χ2v) is 35.7. The van der Waals surface area contributed by atoms with Gasteiger partial charge in [0, 0.05) is 154 Å². The quantitative estimate of drug-likeness (QED) is 0.159. The number of fused-ring (bicyclic) bond motifs is 28. The van der Waals surface area contributed by atoms with Crippen LogP contribution >= 0.6 is 34.0 Å². The molecule has 0 radical (unpaired) electrons. The second-order valence-electron chi connectivity index (χ2n) is 32.5. The van der Waals surface area contributed by atoms with E-state index in [0.29, 0.717) is 5.92 Å². The van der Waals surface area contributed by atoms with Crippen LogP contribution in [0.25, 0.3) is 204 Å². The third kappa shape index (κ3) is 10.3. The van der Waals surface area contributed by atoms with Crippen molar-refractivity contribution in [1.29, 1.82) is 0 Å². The van der Waals surface area contributed by atoms with E-state index in [1.54, 1.807) is 0 Å². The van der Waals surface area contributed by atoms with Gasteiger partial charge in [0.15, 0.2) is 0 Å². The van der Waals surface area contributed by atoms with E-state index in [9.17, 15) is 0 Å². The van der Waals surface area contributed by atoms with Gasteiger partial charge in [0.05, 0.1) is 55.2 Å². The van der Waals surface area contributed by atoms with Gasteiger partial charge in [-0.05, 0) is 168 Å². The highest BCUT2D eigenvalue weighted by atomic mass is 32.1. The van der Waals surface area contributed by atoms with Crippen molar-refractivity contribution in [2.75, 3.05) is 0 Å². The van der Waals surface area contributed by atoms with Gasteiger partial charge in [0.25, 0.3) is 0 Å². The van der Waals surface area contributed by atoms with E-state index in [4.69, 9.17) is 0 Å². The highest BCUT2D eigenvalue weighted by Crippen LogP contribution is 2.53. The molecule has 119 heavy (non-hydrogen) atoms. The summed E-state index contributed by atoms with van der Waals surface area (Å²) in [6.45, 7) is 4.73. The first-order chi connectivity index (χ1) is 58.8. The van der Waals surface area contributed by atoms with Crippen LogP contribution in [0.5, 0.6) is 0 Å². The average Bonchev–Trinajstić information content (AvgIpc) is 1.56. The summed E-state index contributed by atoms with van der Waals surface area (Å²) in [6, 6.07) is 138. The minimum atomic E-state index is 0.0770. The topological polar surface area (TPSA) is 24.6 Å². The van der Waals surface area contributed by atoms with Crippen LogP contribution in [0.4, 0.5) is 0 Å². The first-order valence-corrected chi connectivity index (χ1v) is 43.6. The number of hydrogen-bond donors (Lipinski definition) is 0. The maximum absolute atomic E-state index is 2.48. The SMILES string of the molecule is CC1(C)C2=C(CC(c3ccc(-n4c5ccccc5c5cc6c(cc54)sc4ccccc46)cc3)C=C2)c2ccccc21.c1cc(-n2c3ccccc3c3ccccc32)cc(-n2c3ccccc3c3c4sc5ccccc5c4ccc32)c1.c1cc(-n2c3ccccc3c3ccccc32)cc(-n2c3ccccc3c3ccc4sc5ccccc5c4c32)c1. The molecule has 0 bridgehead atoms. The summed E-state index contributed by atoms with van der Waals surface area (Å²) >= 11 is 5.67. The monoisotopic (exact) mass is 1570 g/mol. The van der Waals surface area contributed by atoms with Crippen molar-refractivity contribution in [3.63, 3.8) is 0 Å².